The van der Waals surface area contributed by atoms with Gasteiger partial charge in [0, 0.05) is 36.8 Å². The summed E-state index contributed by atoms with van der Waals surface area (Å²) in [6, 6.07) is 3.14. The standard InChI is InChI=1S/C11H10O2.2C2H4O2/c12-8-3-4-9(13)11-7-2-1-6(5-7)10(8)11;2*1-2(3)4/h1-4,6-7,12-13H,5H2;2*1H3,(H,3,4). The fraction of sp³-hybridized carbons (Fsp3) is 0.333. The maximum Gasteiger partial charge on any atom is 0.300 e. The van der Waals surface area contributed by atoms with E-state index in [1.54, 1.807) is 12.1 Å². The molecule has 2 bridgehead atoms. The van der Waals surface area contributed by atoms with Crippen LogP contribution in [0, 0.1) is 0 Å². The van der Waals surface area contributed by atoms with Gasteiger partial charge < -0.3 is 20.4 Å². The Morgan fingerprint density at radius 2 is 1.19 bits per heavy atom. The zero-order chi connectivity index (χ0) is 16.2. The van der Waals surface area contributed by atoms with E-state index in [1.165, 1.54) is 0 Å². The van der Waals surface area contributed by atoms with Crippen LogP contribution >= 0.6 is 0 Å². The summed E-state index contributed by atoms with van der Waals surface area (Å²) in [5, 5.41) is 34.1. The largest absolute Gasteiger partial charge is 0.508 e. The summed E-state index contributed by atoms with van der Waals surface area (Å²) < 4.78 is 0. The van der Waals surface area contributed by atoms with E-state index < -0.39 is 11.9 Å². The molecule has 0 aromatic heterocycles. The van der Waals surface area contributed by atoms with Gasteiger partial charge in [0.2, 0.25) is 0 Å². The normalized spacial score (nSPS) is 19.7. The van der Waals surface area contributed by atoms with E-state index >= 15 is 0 Å². The van der Waals surface area contributed by atoms with Crippen molar-refractivity contribution in [2.75, 3.05) is 0 Å². The maximum absolute atomic E-state index is 9.63. The van der Waals surface area contributed by atoms with Crippen LogP contribution in [-0.2, 0) is 9.59 Å². The zero-order valence-electron chi connectivity index (χ0n) is 11.8. The fourth-order valence-corrected chi connectivity index (χ4v) is 2.52. The Bertz CT molecular complexity index is 519. The SMILES string of the molecule is CC(=O)O.CC(=O)O.Oc1ccc(O)c2c1C1C=CC2C1. The molecule has 2 aliphatic rings. The summed E-state index contributed by atoms with van der Waals surface area (Å²) in [5.41, 5.74) is 1.88. The number of carboxylic acid groups (broad SMARTS) is 2. The van der Waals surface area contributed by atoms with Crippen molar-refractivity contribution in [3.63, 3.8) is 0 Å². The van der Waals surface area contributed by atoms with E-state index in [0.717, 1.165) is 31.4 Å². The van der Waals surface area contributed by atoms with Gasteiger partial charge in [0.05, 0.1) is 0 Å². The first-order valence-corrected chi connectivity index (χ1v) is 6.36. The second kappa shape index (κ2) is 6.78. The second-order valence-corrected chi connectivity index (χ2v) is 4.80. The number of carbonyl (C=O) groups is 2. The molecular weight excluding hydrogens is 276 g/mol. The molecule has 21 heavy (non-hydrogen) atoms. The lowest BCUT2D eigenvalue weighted by Crippen LogP contribution is -1.93. The molecule has 6 heteroatoms. The van der Waals surface area contributed by atoms with Crippen molar-refractivity contribution in [1.29, 1.82) is 0 Å². The van der Waals surface area contributed by atoms with Crippen LogP contribution in [0.1, 0.15) is 43.2 Å². The van der Waals surface area contributed by atoms with Crippen molar-refractivity contribution in [2.45, 2.75) is 32.1 Å². The van der Waals surface area contributed by atoms with Gasteiger partial charge in [-0.15, -0.1) is 0 Å². The molecular formula is C15H18O6. The van der Waals surface area contributed by atoms with E-state index in [9.17, 15) is 10.2 Å². The van der Waals surface area contributed by atoms with Crippen LogP contribution in [0.15, 0.2) is 24.3 Å². The molecule has 2 aliphatic carbocycles. The Balaban J connectivity index is 0.000000234. The minimum absolute atomic E-state index is 0.324. The zero-order valence-corrected chi connectivity index (χ0v) is 11.8. The average Bonchev–Trinajstić information content (AvgIpc) is 2.93. The molecule has 0 saturated heterocycles. The van der Waals surface area contributed by atoms with E-state index in [1.807, 2.05) is 0 Å². The lowest BCUT2D eigenvalue weighted by molar-refractivity contribution is -0.135. The van der Waals surface area contributed by atoms with Gasteiger partial charge in [0.25, 0.3) is 11.9 Å². The molecule has 2 atom stereocenters. The first-order chi connectivity index (χ1) is 9.73. The van der Waals surface area contributed by atoms with Crippen LogP contribution in [0.5, 0.6) is 11.5 Å². The van der Waals surface area contributed by atoms with Crippen LogP contribution in [-0.4, -0.2) is 32.4 Å². The van der Waals surface area contributed by atoms with Crippen molar-refractivity contribution >= 4 is 11.9 Å². The predicted molar refractivity (Wildman–Crippen MR) is 75.6 cm³/mol. The Kier molecular flexibility index (Phi) is 5.35. The van der Waals surface area contributed by atoms with Gasteiger partial charge in [0.15, 0.2) is 0 Å². The summed E-state index contributed by atoms with van der Waals surface area (Å²) in [6.07, 6.45) is 5.25. The quantitative estimate of drug-likeness (QED) is 0.431. The van der Waals surface area contributed by atoms with E-state index in [2.05, 4.69) is 12.2 Å². The van der Waals surface area contributed by atoms with Crippen LogP contribution < -0.4 is 0 Å². The summed E-state index contributed by atoms with van der Waals surface area (Å²) in [5.74, 6) is -0.367. The smallest absolute Gasteiger partial charge is 0.300 e. The molecule has 1 aromatic rings. The van der Waals surface area contributed by atoms with Gasteiger partial charge in [0.1, 0.15) is 11.5 Å². The number of carboxylic acids is 2. The van der Waals surface area contributed by atoms with Gasteiger partial charge in [-0.3, -0.25) is 9.59 Å². The number of phenolic OH excluding ortho intramolecular Hbond substituents is 2. The first kappa shape index (κ1) is 16.6. The number of aromatic hydroxyl groups is 2. The molecule has 2 unspecified atom stereocenters. The summed E-state index contributed by atoms with van der Waals surface area (Å²) in [7, 11) is 0. The van der Waals surface area contributed by atoms with E-state index in [0.29, 0.717) is 23.3 Å². The second-order valence-electron chi connectivity index (χ2n) is 4.80. The maximum atomic E-state index is 9.63. The van der Waals surface area contributed by atoms with Gasteiger partial charge in [-0.2, -0.15) is 0 Å². The van der Waals surface area contributed by atoms with Crippen molar-refractivity contribution in [1.82, 2.24) is 0 Å². The highest BCUT2D eigenvalue weighted by atomic mass is 16.4. The minimum atomic E-state index is -0.833. The molecule has 4 N–H and O–H groups in total. The highest BCUT2D eigenvalue weighted by Crippen LogP contribution is 2.54. The van der Waals surface area contributed by atoms with Gasteiger partial charge in [-0.25, -0.2) is 0 Å². The molecule has 3 rings (SSSR count). The summed E-state index contributed by atoms with van der Waals surface area (Å²) in [4.78, 5) is 18.0. The number of phenols is 2. The number of aliphatic carboxylic acids is 2. The van der Waals surface area contributed by atoms with Crippen molar-refractivity contribution in [2.24, 2.45) is 0 Å². The van der Waals surface area contributed by atoms with Crippen molar-refractivity contribution in [3.05, 3.63) is 35.4 Å². The molecule has 0 fully saturated rings. The highest BCUT2D eigenvalue weighted by molar-refractivity contribution is 5.63. The lowest BCUT2D eigenvalue weighted by Gasteiger charge is -2.13. The molecule has 0 saturated carbocycles. The molecule has 0 aliphatic heterocycles. The minimum Gasteiger partial charge on any atom is -0.508 e. The molecule has 114 valence electrons. The Hall–Kier alpha value is -2.50. The van der Waals surface area contributed by atoms with Gasteiger partial charge >= 0.3 is 0 Å². The van der Waals surface area contributed by atoms with Crippen LogP contribution in [0.25, 0.3) is 0 Å². The number of benzene rings is 1. The Labute approximate surface area is 122 Å². The van der Waals surface area contributed by atoms with Crippen LogP contribution in [0.4, 0.5) is 0 Å². The van der Waals surface area contributed by atoms with E-state index in [4.69, 9.17) is 19.8 Å². The predicted octanol–water partition coefficient (Wildman–Crippen LogP) is 2.42. The third-order valence-corrected chi connectivity index (χ3v) is 3.07. The molecule has 0 spiro atoms. The first-order valence-electron chi connectivity index (χ1n) is 6.36. The Morgan fingerprint density at radius 1 is 0.905 bits per heavy atom. The van der Waals surface area contributed by atoms with E-state index in [-0.39, 0.29) is 0 Å². The molecule has 1 aromatic carbocycles. The number of fused-ring (bicyclic) bond motifs is 5. The van der Waals surface area contributed by atoms with Crippen LogP contribution in [0.3, 0.4) is 0 Å². The highest BCUT2D eigenvalue weighted by Gasteiger charge is 2.36. The molecule has 0 heterocycles. The fourth-order valence-electron chi connectivity index (χ4n) is 2.52. The number of hydrogen-bond donors (Lipinski definition) is 4. The topological polar surface area (TPSA) is 115 Å². The number of rotatable bonds is 0. The third-order valence-electron chi connectivity index (χ3n) is 3.07. The van der Waals surface area contributed by atoms with Gasteiger partial charge in [-0.05, 0) is 18.6 Å². The monoisotopic (exact) mass is 294 g/mol. The third kappa shape index (κ3) is 4.24. The van der Waals surface area contributed by atoms with Gasteiger partial charge in [-0.1, -0.05) is 12.2 Å². The Morgan fingerprint density at radius 3 is 1.48 bits per heavy atom. The summed E-state index contributed by atoms with van der Waals surface area (Å²) in [6.45, 7) is 2.17. The summed E-state index contributed by atoms with van der Waals surface area (Å²) >= 11 is 0. The average molecular weight is 294 g/mol. The molecule has 6 nitrogen and oxygen atoms in total. The van der Waals surface area contributed by atoms with Crippen LogP contribution in [0.2, 0.25) is 0 Å². The van der Waals surface area contributed by atoms with Crippen molar-refractivity contribution < 1.29 is 30.0 Å². The van der Waals surface area contributed by atoms with Crippen molar-refractivity contribution in [3.8, 4) is 11.5 Å². The number of allylic oxidation sites excluding steroid dienone is 2. The molecule has 0 radical (unpaired) electrons. The lowest BCUT2D eigenvalue weighted by atomic mass is 9.95. The molecule has 0 amide bonds. The number of hydrogen-bond acceptors (Lipinski definition) is 4.